The average Bonchev–Trinajstić information content (AvgIpc) is 2.58. The maximum Gasteiger partial charge on any atom is 0.0165 e. The standard InChI is InChI=1S/C13H19NS/c1-13(2,3)12(14)10-8-15-11-7-5-4-6-9(10)11/h4-7,10,12H,8,14H2,1-3H3. The molecule has 0 radical (unpaired) electrons. The molecule has 2 atom stereocenters. The molecule has 1 aromatic carbocycles. The molecule has 1 aliphatic heterocycles. The Bertz CT molecular complexity index is 354. The molecule has 0 aromatic heterocycles. The molecule has 0 fully saturated rings. The van der Waals surface area contributed by atoms with E-state index in [1.165, 1.54) is 10.5 Å². The third kappa shape index (κ3) is 2.06. The topological polar surface area (TPSA) is 26.0 Å². The first-order valence-electron chi connectivity index (χ1n) is 5.47. The van der Waals surface area contributed by atoms with Crippen molar-refractivity contribution >= 4 is 11.8 Å². The maximum atomic E-state index is 6.36. The number of fused-ring (bicyclic) bond motifs is 1. The van der Waals surface area contributed by atoms with Crippen LogP contribution in [0.5, 0.6) is 0 Å². The molecule has 1 aliphatic rings. The van der Waals surface area contributed by atoms with E-state index in [0.29, 0.717) is 5.92 Å². The van der Waals surface area contributed by atoms with Crippen LogP contribution in [0.3, 0.4) is 0 Å². The molecule has 2 rings (SSSR count). The molecule has 2 heteroatoms. The highest BCUT2D eigenvalue weighted by molar-refractivity contribution is 7.99. The van der Waals surface area contributed by atoms with Crippen molar-refractivity contribution in [3.05, 3.63) is 29.8 Å². The number of nitrogens with two attached hydrogens (primary N) is 1. The second-order valence-electron chi connectivity index (χ2n) is 5.35. The monoisotopic (exact) mass is 221 g/mol. The molecule has 0 saturated carbocycles. The molecule has 0 bridgehead atoms. The van der Waals surface area contributed by atoms with E-state index in [-0.39, 0.29) is 11.5 Å². The second kappa shape index (κ2) is 3.84. The lowest BCUT2D eigenvalue weighted by Crippen LogP contribution is -2.40. The van der Waals surface area contributed by atoms with Gasteiger partial charge in [-0.1, -0.05) is 39.0 Å². The van der Waals surface area contributed by atoms with Gasteiger partial charge in [0.2, 0.25) is 0 Å². The second-order valence-corrected chi connectivity index (χ2v) is 6.41. The van der Waals surface area contributed by atoms with E-state index in [4.69, 9.17) is 5.73 Å². The predicted molar refractivity (Wildman–Crippen MR) is 67.3 cm³/mol. The molecule has 0 saturated heterocycles. The first-order chi connectivity index (χ1) is 7.00. The van der Waals surface area contributed by atoms with E-state index in [1.807, 2.05) is 11.8 Å². The van der Waals surface area contributed by atoms with Gasteiger partial charge in [-0.05, 0) is 17.0 Å². The minimum atomic E-state index is 0.183. The molecule has 0 spiro atoms. The van der Waals surface area contributed by atoms with Gasteiger partial charge in [0.1, 0.15) is 0 Å². The Kier molecular flexibility index (Phi) is 2.82. The lowest BCUT2D eigenvalue weighted by atomic mass is 9.77. The van der Waals surface area contributed by atoms with Gasteiger partial charge < -0.3 is 5.73 Å². The summed E-state index contributed by atoms with van der Waals surface area (Å²) in [5, 5.41) is 0. The summed E-state index contributed by atoms with van der Waals surface area (Å²) in [6.07, 6.45) is 0. The van der Waals surface area contributed by atoms with E-state index in [9.17, 15) is 0 Å². The third-order valence-electron chi connectivity index (χ3n) is 3.17. The van der Waals surface area contributed by atoms with E-state index in [0.717, 1.165) is 5.75 Å². The van der Waals surface area contributed by atoms with Crippen LogP contribution >= 0.6 is 11.8 Å². The highest BCUT2D eigenvalue weighted by Gasteiger charge is 2.34. The van der Waals surface area contributed by atoms with E-state index < -0.39 is 0 Å². The molecule has 2 N–H and O–H groups in total. The van der Waals surface area contributed by atoms with Gasteiger partial charge in [0.25, 0.3) is 0 Å². The Balaban J connectivity index is 2.28. The van der Waals surface area contributed by atoms with Gasteiger partial charge in [-0.15, -0.1) is 11.8 Å². The third-order valence-corrected chi connectivity index (χ3v) is 4.38. The van der Waals surface area contributed by atoms with Crippen molar-refractivity contribution in [3.8, 4) is 0 Å². The quantitative estimate of drug-likeness (QED) is 0.788. The zero-order valence-electron chi connectivity index (χ0n) is 9.66. The largest absolute Gasteiger partial charge is 0.327 e. The van der Waals surface area contributed by atoms with Crippen molar-refractivity contribution in [3.63, 3.8) is 0 Å². The summed E-state index contributed by atoms with van der Waals surface area (Å²) in [6.45, 7) is 6.68. The van der Waals surface area contributed by atoms with E-state index >= 15 is 0 Å². The Morgan fingerprint density at radius 2 is 2.00 bits per heavy atom. The summed E-state index contributed by atoms with van der Waals surface area (Å²) in [5.41, 5.74) is 7.99. The first kappa shape index (κ1) is 11.0. The lowest BCUT2D eigenvalue weighted by Gasteiger charge is -2.32. The molecule has 82 valence electrons. The number of hydrogen-bond donors (Lipinski definition) is 1. The van der Waals surface area contributed by atoms with Crippen molar-refractivity contribution in [2.45, 2.75) is 37.6 Å². The summed E-state index contributed by atoms with van der Waals surface area (Å²) < 4.78 is 0. The van der Waals surface area contributed by atoms with Crippen molar-refractivity contribution in [1.82, 2.24) is 0 Å². The number of rotatable bonds is 1. The summed E-state index contributed by atoms with van der Waals surface area (Å²) in [5.74, 6) is 1.66. The van der Waals surface area contributed by atoms with Gasteiger partial charge in [0.05, 0.1) is 0 Å². The van der Waals surface area contributed by atoms with Crippen LogP contribution in [0.4, 0.5) is 0 Å². The molecule has 1 nitrogen and oxygen atoms in total. The highest BCUT2D eigenvalue weighted by Crippen LogP contribution is 2.43. The minimum Gasteiger partial charge on any atom is -0.327 e. The Labute approximate surface area is 96.4 Å². The van der Waals surface area contributed by atoms with Crippen molar-refractivity contribution < 1.29 is 0 Å². The van der Waals surface area contributed by atoms with Crippen LogP contribution < -0.4 is 5.73 Å². The van der Waals surface area contributed by atoms with E-state index in [2.05, 4.69) is 45.0 Å². The zero-order chi connectivity index (χ0) is 11.1. The van der Waals surface area contributed by atoms with Gasteiger partial charge in [-0.25, -0.2) is 0 Å². The summed E-state index contributed by atoms with van der Waals surface area (Å²) >= 11 is 1.94. The Morgan fingerprint density at radius 1 is 1.33 bits per heavy atom. The number of thioether (sulfide) groups is 1. The van der Waals surface area contributed by atoms with Gasteiger partial charge in [0.15, 0.2) is 0 Å². The van der Waals surface area contributed by atoms with Crippen molar-refractivity contribution in [2.75, 3.05) is 5.75 Å². The predicted octanol–water partition coefficient (Wildman–Crippen LogP) is 3.25. The smallest absolute Gasteiger partial charge is 0.0165 e. The van der Waals surface area contributed by atoms with Crippen molar-refractivity contribution in [1.29, 1.82) is 0 Å². The Hall–Kier alpha value is -0.470. The van der Waals surface area contributed by atoms with Gasteiger partial charge >= 0.3 is 0 Å². The highest BCUT2D eigenvalue weighted by atomic mass is 32.2. The summed E-state index contributed by atoms with van der Waals surface area (Å²) in [4.78, 5) is 1.42. The normalized spacial score (nSPS) is 22.5. The SMILES string of the molecule is CC(C)(C)C(N)C1CSc2ccccc21. The molecule has 0 aliphatic carbocycles. The Morgan fingerprint density at radius 3 is 2.67 bits per heavy atom. The van der Waals surface area contributed by atoms with Gasteiger partial charge in [-0.2, -0.15) is 0 Å². The van der Waals surface area contributed by atoms with Crippen LogP contribution in [-0.4, -0.2) is 11.8 Å². The van der Waals surface area contributed by atoms with Crippen molar-refractivity contribution in [2.24, 2.45) is 11.1 Å². The fraction of sp³-hybridized carbons (Fsp3) is 0.538. The zero-order valence-corrected chi connectivity index (χ0v) is 10.5. The van der Waals surface area contributed by atoms with Crippen LogP contribution in [0.15, 0.2) is 29.2 Å². The van der Waals surface area contributed by atoms with Crippen LogP contribution in [0.2, 0.25) is 0 Å². The number of benzene rings is 1. The average molecular weight is 221 g/mol. The molecule has 1 heterocycles. The lowest BCUT2D eigenvalue weighted by molar-refractivity contribution is 0.291. The molecular weight excluding hydrogens is 202 g/mol. The first-order valence-corrected chi connectivity index (χ1v) is 6.46. The fourth-order valence-electron chi connectivity index (χ4n) is 2.09. The van der Waals surface area contributed by atoms with Crippen LogP contribution in [0, 0.1) is 5.41 Å². The molecule has 2 unspecified atom stereocenters. The van der Waals surface area contributed by atoms with Crippen LogP contribution in [-0.2, 0) is 0 Å². The molecule has 1 aromatic rings. The minimum absolute atomic E-state index is 0.183. The number of hydrogen-bond acceptors (Lipinski definition) is 2. The van der Waals surface area contributed by atoms with E-state index in [1.54, 1.807) is 0 Å². The molecule has 0 amide bonds. The fourth-order valence-corrected chi connectivity index (χ4v) is 3.40. The molecular formula is C13H19NS. The van der Waals surface area contributed by atoms with Crippen LogP contribution in [0.1, 0.15) is 32.3 Å². The van der Waals surface area contributed by atoms with Crippen LogP contribution in [0.25, 0.3) is 0 Å². The van der Waals surface area contributed by atoms with Gasteiger partial charge in [-0.3, -0.25) is 0 Å². The molecule has 15 heavy (non-hydrogen) atoms. The summed E-state index contributed by atoms with van der Waals surface area (Å²) in [7, 11) is 0. The van der Waals surface area contributed by atoms with Gasteiger partial charge in [0, 0.05) is 22.6 Å². The summed E-state index contributed by atoms with van der Waals surface area (Å²) in [6, 6.07) is 8.90. The maximum absolute atomic E-state index is 6.36.